The van der Waals surface area contributed by atoms with E-state index < -0.39 is 11.0 Å². The third kappa shape index (κ3) is 5.89. The minimum atomic E-state index is -0.517. The lowest BCUT2D eigenvalue weighted by atomic mass is 10.1. The van der Waals surface area contributed by atoms with Crippen LogP contribution in [0.2, 0.25) is 0 Å². The standard InChI is InChI=1S/C18H22N2O4/c21-15(14-24-16-9-2-1-3-10-16)8-6-7-13-19-17-11-4-5-12-18(17)20(22)23/h1-5,9-12,15,19,21H,6-8,13-14H2. The summed E-state index contributed by atoms with van der Waals surface area (Å²) in [6.07, 6.45) is 1.74. The number of rotatable bonds is 10. The number of aliphatic hydroxyl groups excluding tert-OH is 1. The fourth-order valence-corrected chi connectivity index (χ4v) is 2.30. The lowest BCUT2D eigenvalue weighted by molar-refractivity contribution is -0.384. The number of hydrogen-bond donors (Lipinski definition) is 2. The Morgan fingerprint density at radius 2 is 1.79 bits per heavy atom. The van der Waals surface area contributed by atoms with Gasteiger partial charge in [0.05, 0.1) is 11.0 Å². The highest BCUT2D eigenvalue weighted by atomic mass is 16.6. The summed E-state index contributed by atoms with van der Waals surface area (Å²) in [7, 11) is 0. The smallest absolute Gasteiger partial charge is 0.292 e. The first-order valence-corrected chi connectivity index (χ1v) is 8.00. The number of para-hydroxylation sites is 3. The molecule has 0 aliphatic rings. The van der Waals surface area contributed by atoms with Crippen molar-refractivity contribution in [2.45, 2.75) is 25.4 Å². The largest absolute Gasteiger partial charge is 0.491 e. The molecule has 2 aromatic carbocycles. The highest BCUT2D eigenvalue weighted by Gasteiger charge is 2.11. The quantitative estimate of drug-likeness (QED) is 0.395. The van der Waals surface area contributed by atoms with E-state index >= 15 is 0 Å². The third-order valence-electron chi connectivity index (χ3n) is 3.57. The molecule has 0 amide bonds. The van der Waals surface area contributed by atoms with Gasteiger partial charge in [0.1, 0.15) is 18.0 Å². The normalized spacial score (nSPS) is 11.7. The molecule has 2 aromatic rings. The van der Waals surface area contributed by atoms with Crippen molar-refractivity contribution in [1.82, 2.24) is 0 Å². The zero-order chi connectivity index (χ0) is 17.2. The lowest BCUT2D eigenvalue weighted by Crippen LogP contribution is -2.17. The molecule has 6 nitrogen and oxygen atoms in total. The van der Waals surface area contributed by atoms with E-state index in [-0.39, 0.29) is 12.3 Å². The van der Waals surface area contributed by atoms with Crippen molar-refractivity contribution in [3.63, 3.8) is 0 Å². The number of nitrogens with zero attached hydrogens (tertiary/aromatic N) is 1. The van der Waals surface area contributed by atoms with E-state index in [1.54, 1.807) is 18.2 Å². The third-order valence-corrected chi connectivity index (χ3v) is 3.57. The van der Waals surface area contributed by atoms with Crippen LogP contribution in [0.3, 0.4) is 0 Å². The molecular weight excluding hydrogens is 308 g/mol. The van der Waals surface area contributed by atoms with E-state index in [9.17, 15) is 15.2 Å². The zero-order valence-electron chi connectivity index (χ0n) is 13.4. The fourth-order valence-electron chi connectivity index (χ4n) is 2.30. The van der Waals surface area contributed by atoms with Gasteiger partial charge in [-0.25, -0.2) is 0 Å². The Balaban J connectivity index is 1.62. The van der Waals surface area contributed by atoms with Crippen LogP contribution in [0.25, 0.3) is 0 Å². The molecule has 24 heavy (non-hydrogen) atoms. The van der Waals surface area contributed by atoms with Gasteiger partial charge in [0, 0.05) is 12.6 Å². The molecule has 0 aliphatic carbocycles. The maximum absolute atomic E-state index is 10.9. The monoisotopic (exact) mass is 330 g/mol. The fraction of sp³-hybridized carbons (Fsp3) is 0.333. The van der Waals surface area contributed by atoms with Crippen molar-refractivity contribution in [3.8, 4) is 5.75 Å². The van der Waals surface area contributed by atoms with Crippen LogP contribution in [-0.2, 0) is 0 Å². The Kier molecular flexibility index (Phi) is 7.04. The summed E-state index contributed by atoms with van der Waals surface area (Å²) in [6, 6.07) is 16.0. The summed E-state index contributed by atoms with van der Waals surface area (Å²) < 4.78 is 5.50. The van der Waals surface area contributed by atoms with Crippen molar-refractivity contribution in [2.24, 2.45) is 0 Å². The van der Waals surface area contributed by atoms with Gasteiger partial charge in [-0.15, -0.1) is 0 Å². The molecule has 0 aromatic heterocycles. The molecule has 128 valence electrons. The topological polar surface area (TPSA) is 84.6 Å². The summed E-state index contributed by atoms with van der Waals surface area (Å²) in [5, 5.41) is 23.9. The Bertz CT molecular complexity index is 634. The van der Waals surface area contributed by atoms with E-state index in [4.69, 9.17) is 4.74 Å². The minimum Gasteiger partial charge on any atom is -0.491 e. The molecule has 0 saturated heterocycles. The Labute approximate surface area is 141 Å². The predicted octanol–water partition coefficient (Wildman–Crippen LogP) is 3.62. The molecule has 0 fully saturated rings. The second kappa shape index (κ2) is 9.52. The molecule has 0 bridgehead atoms. The Hall–Kier alpha value is -2.60. The van der Waals surface area contributed by atoms with Crippen molar-refractivity contribution in [1.29, 1.82) is 0 Å². The van der Waals surface area contributed by atoms with Gasteiger partial charge in [0.15, 0.2) is 0 Å². The summed E-state index contributed by atoms with van der Waals surface area (Å²) in [5.74, 6) is 0.745. The van der Waals surface area contributed by atoms with Crippen LogP contribution in [0.4, 0.5) is 11.4 Å². The van der Waals surface area contributed by atoms with Gasteiger partial charge in [-0.05, 0) is 37.5 Å². The van der Waals surface area contributed by atoms with E-state index in [2.05, 4.69) is 5.32 Å². The molecule has 2 rings (SSSR count). The van der Waals surface area contributed by atoms with E-state index in [0.717, 1.165) is 18.6 Å². The number of aliphatic hydroxyl groups is 1. The van der Waals surface area contributed by atoms with E-state index in [0.29, 0.717) is 18.7 Å². The molecule has 0 aliphatic heterocycles. The molecule has 0 spiro atoms. The molecule has 6 heteroatoms. The molecule has 1 atom stereocenters. The maximum atomic E-state index is 10.9. The highest BCUT2D eigenvalue weighted by Crippen LogP contribution is 2.23. The van der Waals surface area contributed by atoms with Crippen LogP contribution < -0.4 is 10.1 Å². The van der Waals surface area contributed by atoms with Gasteiger partial charge in [0.25, 0.3) is 5.69 Å². The highest BCUT2D eigenvalue weighted by molar-refractivity contribution is 5.60. The van der Waals surface area contributed by atoms with Crippen LogP contribution in [0.15, 0.2) is 54.6 Å². The van der Waals surface area contributed by atoms with Crippen LogP contribution in [0, 0.1) is 10.1 Å². The Morgan fingerprint density at radius 1 is 1.08 bits per heavy atom. The summed E-state index contributed by atoms with van der Waals surface area (Å²) in [6.45, 7) is 0.888. The van der Waals surface area contributed by atoms with Gasteiger partial charge in [-0.1, -0.05) is 30.3 Å². The zero-order valence-corrected chi connectivity index (χ0v) is 13.4. The average molecular weight is 330 g/mol. The van der Waals surface area contributed by atoms with Crippen molar-refractivity contribution >= 4 is 11.4 Å². The van der Waals surface area contributed by atoms with Gasteiger partial charge in [-0.2, -0.15) is 0 Å². The Morgan fingerprint density at radius 3 is 2.54 bits per heavy atom. The summed E-state index contributed by atoms with van der Waals surface area (Å²) >= 11 is 0. The number of benzene rings is 2. The number of hydrogen-bond acceptors (Lipinski definition) is 5. The number of ether oxygens (including phenoxy) is 1. The van der Waals surface area contributed by atoms with Crippen molar-refractivity contribution in [3.05, 3.63) is 64.7 Å². The minimum absolute atomic E-state index is 0.0776. The summed E-state index contributed by atoms with van der Waals surface area (Å²) in [4.78, 5) is 10.5. The van der Waals surface area contributed by atoms with Gasteiger partial charge >= 0.3 is 0 Å². The molecule has 0 saturated carbocycles. The average Bonchev–Trinajstić information content (AvgIpc) is 2.61. The number of unbranched alkanes of at least 4 members (excludes halogenated alkanes) is 1. The van der Waals surface area contributed by atoms with Crippen LogP contribution in [0.1, 0.15) is 19.3 Å². The molecule has 0 radical (unpaired) electrons. The number of nitro benzene ring substituents is 1. The predicted molar refractivity (Wildman–Crippen MR) is 93.4 cm³/mol. The van der Waals surface area contributed by atoms with Crippen LogP contribution in [0.5, 0.6) is 5.75 Å². The molecule has 0 heterocycles. The lowest BCUT2D eigenvalue weighted by Gasteiger charge is -2.12. The summed E-state index contributed by atoms with van der Waals surface area (Å²) in [5.41, 5.74) is 0.601. The van der Waals surface area contributed by atoms with Crippen molar-refractivity contribution < 1.29 is 14.8 Å². The van der Waals surface area contributed by atoms with E-state index in [1.807, 2.05) is 30.3 Å². The first-order valence-electron chi connectivity index (χ1n) is 8.00. The number of nitrogens with one attached hydrogen (secondary N) is 1. The van der Waals surface area contributed by atoms with Crippen molar-refractivity contribution in [2.75, 3.05) is 18.5 Å². The second-order valence-corrected chi connectivity index (χ2v) is 5.47. The molecule has 2 N–H and O–H groups in total. The van der Waals surface area contributed by atoms with Gasteiger partial charge in [-0.3, -0.25) is 10.1 Å². The van der Waals surface area contributed by atoms with Crippen LogP contribution >= 0.6 is 0 Å². The maximum Gasteiger partial charge on any atom is 0.292 e. The van der Waals surface area contributed by atoms with Gasteiger partial charge in [0.2, 0.25) is 0 Å². The number of nitro groups is 1. The van der Waals surface area contributed by atoms with Gasteiger partial charge < -0.3 is 15.2 Å². The SMILES string of the molecule is O=[N+]([O-])c1ccccc1NCCCCC(O)COc1ccccc1. The molecule has 1 unspecified atom stereocenters. The molecular formula is C18H22N2O4. The first kappa shape index (κ1) is 17.7. The number of anilines is 1. The second-order valence-electron chi connectivity index (χ2n) is 5.47. The first-order chi connectivity index (χ1) is 11.7. The van der Waals surface area contributed by atoms with E-state index in [1.165, 1.54) is 6.07 Å². The van der Waals surface area contributed by atoms with Crippen LogP contribution in [-0.4, -0.2) is 29.3 Å².